The summed E-state index contributed by atoms with van der Waals surface area (Å²) in [5.74, 6) is -0.237. The number of nitrogens with one attached hydrogen (secondary N) is 1. The van der Waals surface area contributed by atoms with Gasteiger partial charge in [0.15, 0.2) is 0 Å². The van der Waals surface area contributed by atoms with E-state index >= 15 is 0 Å². The minimum atomic E-state index is -0.517. The highest BCUT2D eigenvalue weighted by Gasteiger charge is 2.15. The number of ether oxygens (including phenoxy) is 1. The average Bonchev–Trinajstić information content (AvgIpc) is 2.87. The summed E-state index contributed by atoms with van der Waals surface area (Å²) in [5, 5.41) is 2.70. The summed E-state index contributed by atoms with van der Waals surface area (Å²) in [4.78, 5) is 15.7. The Bertz CT molecular complexity index is 662. The molecule has 1 heterocycles. The number of nitrogens with zero attached hydrogens (tertiary/aromatic N) is 2. The molecule has 1 amide bonds. The van der Waals surface area contributed by atoms with Crippen LogP contribution in [0.5, 0.6) is 0 Å². The zero-order valence-electron chi connectivity index (χ0n) is 13.7. The number of benzene rings is 1. The second kappa shape index (κ2) is 7.26. The van der Waals surface area contributed by atoms with E-state index in [2.05, 4.69) is 10.3 Å². The number of hydrogen-bond acceptors (Lipinski definition) is 3. The smallest absolute Gasteiger partial charge is 0.407 e. The predicted octanol–water partition coefficient (Wildman–Crippen LogP) is 3.14. The van der Waals surface area contributed by atoms with Crippen molar-refractivity contribution < 1.29 is 13.9 Å². The first kappa shape index (κ1) is 17.0. The maximum Gasteiger partial charge on any atom is 0.407 e. The Balaban J connectivity index is 1.89. The van der Waals surface area contributed by atoms with Gasteiger partial charge in [0.2, 0.25) is 0 Å². The highest BCUT2D eigenvalue weighted by Crippen LogP contribution is 2.11. The average molecular weight is 319 g/mol. The lowest BCUT2D eigenvalue weighted by atomic mass is 10.2. The molecular formula is C17H22FN3O2. The fourth-order valence-corrected chi connectivity index (χ4v) is 2.12. The third-order valence-electron chi connectivity index (χ3n) is 3.15. The number of carbonyl (C=O) groups is 1. The highest BCUT2D eigenvalue weighted by atomic mass is 19.1. The third kappa shape index (κ3) is 5.39. The monoisotopic (exact) mass is 319 g/mol. The van der Waals surface area contributed by atoms with Crippen LogP contribution in [0, 0.1) is 5.82 Å². The van der Waals surface area contributed by atoms with Gasteiger partial charge in [-0.2, -0.15) is 0 Å². The maximum absolute atomic E-state index is 13.7. The van der Waals surface area contributed by atoms with Crippen LogP contribution in [0.15, 0.2) is 36.8 Å². The summed E-state index contributed by atoms with van der Waals surface area (Å²) in [7, 11) is 0. The number of amides is 1. The summed E-state index contributed by atoms with van der Waals surface area (Å²) in [6.45, 7) is 6.29. The molecular weight excluding hydrogens is 297 g/mol. The molecule has 0 aliphatic carbocycles. The Morgan fingerprint density at radius 3 is 2.78 bits per heavy atom. The minimum Gasteiger partial charge on any atom is -0.444 e. The Morgan fingerprint density at radius 2 is 2.09 bits per heavy atom. The van der Waals surface area contributed by atoms with E-state index in [1.165, 1.54) is 6.07 Å². The zero-order chi connectivity index (χ0) is 16.9. The normalized spacial score (nSPS) is 11.3. The van der Waals surface area contributed by atoms with E-state index in [1.807, 2.05) is 25.3 Å². The van der Waals surface area contributed by atoms with Crippen molar-refractivity contribution in [1.29, 1.82) is 0 Å². The largest absolute Gasteiger partial charge is 0.444 e. The first-order chi connectivity index (χ1) is 10.8. The number of hydrogen-bond donors (Lipinski definition) is 1. The van der Waals surface area contributed by atoms with Crippen LogP contribution in [0.3, 0.4) is 0 Å². The molecule has 2 aromatic rings. The first-order valence-electron chi connectivity index (χ1n) is 7.54. The van der Waals surface area contributed by atoms with Gasteiger partial charge in [-0.05, 0) is 26.8 Å². The molecule has 0 fully saturated rings. The summed E-state index contributed by atoms with van der Waals surface area (Å²) < 4.78 is 20.8. The maximum atomic E-state index is 13.7. The van der Waals surface area contributed by atoms with Crippen molar-refractivity contribution in [1.82, 2.24) is 14.9 Å². The number of alkyl carbamates (subject to hydrolysis) is 1. The third-order valence-corrected chi connectivity index (χ3v) is 3.15. The van der Waals surface area contributed by atoms with Crippen molar-refractivity contribution in [3.63, 3.8) is 0 Å². The molecule has 0 aliphatic rings. The van der Waals surface area contributed by atoms with Crippen molar-refractivity contribution in [2.24, 2.45) is 0 Å². The number of rotatable bonds is 5. The van der Waals surface area contributed by atoms with Gasteiger partial charge in [0.25, 0.3) is 0 Å². The molecule has 1 N–H and O–H groups in total. The van der Waals surface area contributed by atoms with Crippen molar-refractivity contribution in [3.05, 3.63) is 53.9 Å². The zero-order valence-corrected chi connectivity index (χ0v) is 13.7. The quantitative estimate of drug-likeness (QED) is 0.921. The van der Waals surface area contributed by atoms with E-state index in [-0.39, 0.29) is 5.82 Å². The van der Waals surface area contributed by atoms with Crippen LogP contribution in [-0.4, -0.2) is 27.8 Å². The second-order valence-corrected chi connectivity index (χ2v) is 6.28. The van der Waals surface area contributed by atoms with E-state index in [0.717, 1.165) is 5.69 Å². The van der Waals surface area contributed by atoms with E-state index < -0.39 is 11.7 Å². The Labute approximate surface area is 135 Å². The van der Waals surface area contributed by atoms with Gasteiger partial charge in [-0.25, -0.2) is 14.2 Å². The molecule has 0 bridgehead atoms. The molecule has 1 aromatic carbocycles. The van der Waals surface area contributed by atoms with Gasteiger partial charge in [0, 0.05) is 30.4 Å². The Morgan fingerprint density at radius 1 is 1.35 bits per heavy atom. The van der Waals surface area contributed by atoms with Crippen LogP contribution < -0.4 is 5.32 Å². The lowest BCUT2D eigenvalue weighted by Gasteiger charge is -2.19. The molecule has 0 aliphatic heterocycles. The molecule has 0 saturated carbocycles. The molecule has 23 heavy (non-hydrogen) atoms. The molecule has 0 radical (unpaired) electrons. The molecule has 0 saturated heterocycles. The predicted molar refractivity (Wildman–Crippen MR) is 85.7 cm³/mol. The van der Waals surface area contributed by atoms with Crippen molar-refractivity contribution >= 4 is 6.09 Å². The van der Waals surface area contributed by atoms with Gasteiger partial charge in [0.1, 0.15) is 11.4 Å². The van der Waals surface area contributed by atoms with Gasteiger partial charge in [-0.1, -0.05) is 18.2 Å². The summed E-state index contributed by atoms with van der Waals surface area (Å²) in [5.41, 5.74) is 1.01. The highest BCUT2D eigenvalue weighted by molar-refractivity contribution is 5.67. The summed E-state index contributed by atoms with van der Waals surface area (Å²) in [6.07, 6.45) is 3.53. The molecule has 2 rings (SSSR count). The number of halogens is 1. The molecule has 1 aromatic heterocycles. The molecule has 6 heteroatoms. The molecule has 0 atom stereocenters. The van der Waals surface area contributed by atoms with Crippen molar-refractivity contribution in [2.75, 3.05) is 6.54 Å². The fraction of sp³-hybridized carbons (Fsp3) is 0.412. The van der Waals surface area contributed by atoms with Crippen LogP contribution in [0.25, 0.3) is 0 Å². The van der Waals surface area contributed by atoms with Gasteiger partial charge >= 0.3 is 6.09 Å². The number of imidazole rings is 1. The van der Waals surface area contributed by atoms with Crippen LogP contribution in [0.1, 0.15) is 32.0 Å². The van der Waals surface area contributed by atoms with E-state index in [1.54, 1.807) is 30.7 Å². The molecule has 0 unspecified atom stereocenters. The topological polar surface area (TPSA) is 56.1 Å². The fourth-order valence-electron chi connectivity index (χ4n) is 2.12. The van der Waals surface area contributed by atoms with Gasteiger partial charge < -0.3 is 14.6 Å². The minimum absolute atomic E-state index is 0.237. The molecule has 5 nitrogen and oxygen atoms in total. The summed E-state index contributed by atoms with van der Waals surface area (Å²) >= 11 is 0. The van der Waals surface area contributed by atoms with Gasteiger partial charge in [-0.3, -0.25) is 0 Å². The van der Waals surface area contributed by atoms with Crippen molar-refractivity contribution in [3.8, 4) is 0 Å². The van der Waals surface area contributed by atoms with E-state index in [4.69, 9.17) is 4.74 Å². The van der Waals surface area contributed by atoms with Crippen LogP contribution in [0.4, 0.5) is 9.18 Å². The van der Waals surface area contributed by atoms with Crippen LogP contribution in [-0.2, 0) is 17.7 Å². The molecule has 124 valence electrons. The lowest BCUT2D eigenvalue weighted by Crippen LogP contribution is -2.33. The van der Waals surface area contributed by atoms with Crippen LogP contribution in [0.2, 0.25) is 0 Å². The standard InChI is InChI=1S/C17H22FN3O2/c1-17(2,3)23-16(22)20-9-8-14-10-19-12-21(14)11-13-6-4-5-7-15(13)18/h4-7,10,12H,8-9,11H2,1-3H3,(H,20,22). The first-order valence-corrected chi connectivity index (χ1v) is 7.54. The van der Waals surface area contributed by atoms with Gasteiger partial charge in [-0.15, -0.1) is 0 Å². The number of carbonyl (C=O) groups excluding carboxylic acids is 1. The SMILES string of the molecule is CC(C)(C)OC(=O)NCCc1cncn1Cc1ccccc1F. The van der Waals surface area contributed by atoms with Crippen LogP contribution >= 0.6 is 0 Å². The summed E-state index contributed by atoms with van der Waals surface area (Å²) in [6, 6.07) is 6.66. The number of aromatic nitrogens is 2. The second-order valence-electron chi connectivity index (χ2n) is 6.28. The lowest BCUT2D eigenvalue weighted by molar-refractivity contribution is 0.0528. The Hall–Kier alpha value is -2.37. The van der Waals surface area contributed by atoms with E-state index in [9.17, 15) is 9.18 Å². The van der Waals surface area contributed by atoms with Gasteiger partial charge in [0.05, 0.1) is 12.9 Å². The van der Waals surface area contributed by atoms with Crippen molar-refractivity contribution in [2.45, 2.75) is 39.3 Å². The van der Waals surface area contributed by atoms with E-state index in [0.29, 0.717) is 25.1 Å². The Kier molecular flexibility index (Phi) is 5.36. The molecule has 0 spiro atoms.